The Labute approximate surface area is 98.0 Å². The van der Waals surface area contributed by atoms with Crippen LogP contribution in [0.5, 0.6) is 0 Å². The molecule has 1 aromatic heterocycles. The van der Waals surface area contributed by atoms with Gasteiger partial charge in [0.2, 0.25) is 5.78 Å². The van der Waals surface area contributed by atoms with Gasteiger partial charge in [0.1, 0.15) is 5.52 Å². The molecule has 0 fully saturated rings. The third-order valence-electron chi connectivity index (χ3n) is 1.89. The molecule has 2 aromatic rings. The largest absolute Gasteiger partial charge is 0.446 e. The average Bonchev–Trinajstić information content (AvgIpc) is 2.57. The lowest BCUT2D eigenvalue weighted by molar-refractivity contribution is -0.0328. The molecular formula is C10H6F3NO2S. The van der Waals surface area contributed by atoms with E-state index < -0.39 is 5.51 Å². The number of thioether (sulfide) groups is 1. The van der Waals surface area contributed by atoms with E-state index in [1.165, 1.54) is 25.1 Å². The highest BCUT2D eigenvalue weighted by Gasteiger charge is 2.29. The Morgan fingerprint density at radius 1 is 1.41 bits per heavy atom. The number of carbonyl (C=O) groups excluding carboxylic acids is 1. The maximum Gasteiger partial charge on any atom is 0.446 e. The van der Waals surface area contributed by atoms with Crippen molar-refractivity contribution in [3.63, 3.8) is 0 Å². The molecule has 1 heterocycles. The summed E-state index contributed by atoms with van der Waals surface area (Å²) in [7, 11) is 0. The van der Waals surface area contributed by atoms with E-state index in [4.69, 9.17) is 4.42 Å². The summed E-state index contributed by atoms with van der Waals surface area (Å²) in [6.07, 6.45) is 0. The molecule has 0 N–H and O–H groups in total. The Balaban J connectivity index is 2.40. The predicted molar refractivity (Wildman–Crippen MR) is 55.9 cm³/mol. The fourth-order valence-electron chi connectivity index (χ4n) is 1.25. The molecule has 0 amide bonds. The zero-order chi connectivity index (χ0) is 12.6. The molecule has 0 spiro atoms. The third kappa shape index (κ3) is 2.79. The van der Waals surface area contributed by atoms with Gasteiger partial charge in [-0.15, -0.1) is 0 Å². The second-order valence-corrected chi connectivity index (χ2v) is 4.39. The molecule has 17 heavy (non-hydrogen) atoms. The number of carbonyl (C=O) groups is 1. The molecule has 0 saturated heterocycles. The van der Waals surface area contributed by atoms with E-state index in [-0.39, 0.29) is 33.8 Å². The monoisotopic (exact) mass is 261 g/mol. The summed E-state index contributed by atoms with van der Waals surface area (Å²) >= 11 is -0.233. The van der Waals surface area contributed by atoms with Crippen molar-refractivity contribution in [1.82, 2.24) is 4.98 Å². The zero-order valence-electron chi connectivity index (χ0n) is 8.54. The first-order valence-corrected chi connectivity index (χ1v) is 5.34. The molecule has 0 aliphatic rings. The summed E-state index contributed by atoms with van der Waals surface area (Å²) in [5, 5.41) is 0. The average molecular weight is 261 g/mol. The van der Waals surface area contributed by atoms with Crippen LogP contribution in [-0.2, 0) is 0 Å². The number of benzene rings is 1. The number of halogens is 3. The molecule has 0 radical (unpaired) electrons. The maximum absolute atomic E-state index is 12.1. The van der Waals surface area contributed by atoms with Gasteiger partial charge in [0.05, 0.1) is 0 Å². The highest BCUT2D eigenvalue weighted by Crippen LogP contribution is 2.37. The Kier molecular flexibility index (Phi) is 2.86. The minimum Gasteiger partial charge on any atom is -0.434 e. The van der Waals surface area contributed by atoms with Crippen LogP contribution in [0.25, 0.3) is 11.1 Å². The number of alkyl halides is 3. The highest BCUT2D eigenvalue weighted by atomic mass is 32.2. The standard InChI is InChI=1S/C10H6F3NO2S/c1-5(15)9-14-7-4-6(17-10(11,12)13)2-3-8(7)16-9/h2-4H,1H3. The molecule has 0 bridgehead atoms. The summed E-state index contributed by atoms with van der Waals surface area (Å²) < 4.78 is 41.5. The smallest absolute Gasteiger partial charge is 0.434 e. The van der Waals surface area contributed by atoms with E-state index in [0.29, 0.717) is 5.58 Å². The topological polar surface area (TPSA) is 43.1 Å². The Bertz CT molecular complexity index is 576. The summed E-state index contributed by atoms with van der Waals surface area (Å²) in [6, 6.07) is 3.88. The van der Waals surface area contributed by atoms with Crippen LogP contribution >= 0.6 is 11.8 Å². The fraction of sp³-hybridized carbons (Fsp3) is 0.200. The minimum absolute atomic E-state index is 0.00778. The molecule has 1 aromatic carbocycles. The molecule has 0 saturated carbocycles. The number of hydrogen-bond donors (Lipinski definition) is 0. The minimum atomic E-state index is -4.35. The van der Waals surface area contributed by atoms with Gasteiger partial charge in [0.25, 0.3) is 5.89 Å². The van der Waals surface area contributed by atoms with Crippen molar-refractivity contribution in [2.75, 3.05) is 0 Å². The van der Waals surface area contributed by atoms with Gasteiger partial charge in [0, 0.05) is 11.8 Å². The van der Waals surface area contributed by atoms with Crippen molar-refractivity contribution >= 4 is 28.6 Å². The van der Waals surface area contributed by atoms with Gasteiger partial charge in [-0.3, -0.25) is 4.79 Å². The van der Waals surface area contributed by atoms with Gasteiger partial charge in [-0.05, 0) is 30.0 Å². The predicted octanol–water partition coefficient (Wildman–Crippen LogP) is 3.64. The fourth-order valence-corrected chi connectivity index (χ4v) is 1.83. The van der Waals surface area contributed by atoms with Gasteiger partial charge >= 0.3 is 5.51 Å². The number of oxazole rings is 1. The SMILES string of the molecule is CC(=O)c1nc2cc(SC(F)(F)F)ccc2o1. The van der Waals surface area contributed by atoms with E-state index >= 15 is 0 Å². The molecule has 0 unspecified atom stereocenters. The van der Waals surface area contributed by atoms with E-state index in [2.05, 4.69) is 4.98 Å². The van der Waals surface area contributed by atoms with Gasteiger partial charge in [-0.1, -0.05) is 0 Å². The first-order valence-electron chi connectivity index (χ1n) is 4.52. The molecule has 90 valence electrons. The first kappa shape index (κ1) is 12.0. The normalized spacial score (nSPS) is 12.0. The number of nitrogens with zero attached hydrogens (tertiary/aromatic N) is 1. The lowest BCUT2D eigenvalue weighted by Gasteiger charge is -2.04. The van der Waals surface area contributed by atoms with Crippen LogP contribution < -0.4 is 0 Å². The number of Topliss-reactive ketones (excluding diaryl/α,β-unsaturated/α-hetero) is 1. The first-order chi connectivity index (χ1) is 7.85. The molecule has 0 aliphatic heterocycles. The molecule has 3 nitrogen and oxygen atoms in total. The molecule has 2 rings (SSSR count). The molecule has 0 atom stereocenters. The number of ketones is 1. The van der Waals surface area contributed by atoms with Crippen LogP contribution in [-0.4, -0.2) is 16.3 Å². The zero-order valence-corrected chi connectivity index (χ0v) is 9.35. The molecular weight excluding hydrogens is 255 g/mol. The number of hydrogen-bond acceptors (Lipinski definition) is 4. The summed E-state index contributed by atoms with van der Waals surface area (Å²) in [4.78, 5) is 14.8. The Morgan fingerprint density at radius 3 is 2.71 bits per heavy atom. The van der Waals surface area contributed by atoms with Crippen molar-refractivity contribution in [2.45, 2.75) is 17.3 Å². The van der Waals surface area contributed by atoms with Crippen molar-refractivity contribution in [3.8, 4) is 0 Å². The van der Waals surface area contributed by atoms with E-state index in [9.17, 15) is 18.0 Å². The third-order valence-corrected chi connectivity index (χ3v) is 2.61. The van der Waals surface area contributed by atoms with Crippen molar-refractivity contribution in [3.05, 3.63) is 24.1 Å². The van der Waals surface area contributed by atoms with Gasteiger partial charge in [-0.2, -0.15) is 13.2 Å². The molecule has 0 aliphatic carbocycles. The van der Waals surface area contributed by atoms with Crippen LogP contribution in [0.1, 0.15) is 17.6 Å². The van der Waals surface area contributed by atoms with Crippen LogP contribution in [0.3, 0.4) is 0 Å². The van der Waals surface area contributed by atoms with Crippen LogP contribution in [0.4, 0.5) is 13.2 Å². The number of aromatic nitrogens is 1. The lowest BCUT2D eigenvalue weighted by atomic mass is 10.3. The van der Waals surface area contributed by atoms with Crippen molar-refractivity contribution in [1.29, 1.82) is 0 Å². The summed E-state index contributed by atoms with van der Waals surface area (Å²) in [5.41, 5.74) is -3.81. The van der Waals surface area contributed by atoms with Crippen LogP contribution in [0, 0.1) is 0 Å². The van der Waals surface area contributed by atoms with Crippen molar-refractivity contribution in [2.24, 2.45) is 0 Å². The van der Waals surface area contributed by atoms with Gasteiger partial charge < -0.3 is 4.42 Å². The second-order valence-electron chi connectivity index (χ2n) is 3.25. The number of fused-ring (bicyclic) bond motifs is 1. The van der Waals surface area contributed by atoms with Crippen molar-refractivity contribution < 1.29 is 22.4 Å². The van der Waals surface area contributed by atoms with E-state index in [1.807, 2.05) is 0 Å². The Hall–Kier alpha value is -1.50. The van der Waals surface area contributed by atoms with Crippen LogP contribution in [0.15, 0.2) is 27.5 Å². The maximum atomic E-state index is 12.1. The highest BCUT2D eigenvalue weighted by molar-refractivity contribution is 8.00. The molecule has 7 heteroatoms. The van der Waals surface area contributed by atoms with Crippen LogP contribution in [0.2, 0.25) is 0 Å². The van der Waals surface area contributed by atoms with E-state index in [0.717, 1.165) is 0 Å². The summed E-state index contributed by atoms with van der Waals surface area (Å²) in [6.45, 7) is 1.27. The Morgan fingerprint density at radius 2 is 2.12 bits per heavy atom. The van der Waals surface area contributed by atoms with Gasteiger partial charge in [-0.25, -0.2) is 4.98 Å². The second kappa shape index (κ2) is 4.06. The summed E-state index contributed by atoms with van der Waals surface area (Å²) in [5.74, 6) is -0.472. The lowest BCUT2D eigenvalue weighted by Crippen LogP contribution is -1.98. The quantitative estimate of drug-likeness (QED) is 0.611. The number of rotatable bonds is 2. The van der Waals surface area contributed by atoms with E-state index in [1.54, 1.807) is 0 Å². The van der Waals surface area contributed by atoms with Gasteiger partial charge in [0.15, 0.2) is 5.58 Å².